The molecule has 0 radical (unpaired) electrons. The van der Waals surface area contributed by atoms with E-state index in [4.69, 9.17) is 8.83 Å². The summed E-state index contributed by atoms with van der Waals surface area (Å²) in [5.41, 5.74) is 1.96. The molecule has 0 unspecified atom stereocenters. The fourth-order valence-electron chi connectivity index (χ4n) is 2.21. The fourth-order valence-corrected chi connectivity index (χ4v) is 2.21. The first-order valence-electron chi connectivity index (χ1n) is 7.34. The van der Waals surface area contributed by atoms with E-state index in [0.717, 1.165) is 17.0 Å². The van der Waals surface area contributed by atoms with Gasteiger partial charge in [-0.25, -0.2) is 0 Å². The Morgan fingerprint density at radius 3 is 2.43 bits per heavy atom. The highest BCUT2D eigenvalue weighted by Gasteiger charge is 2.15. The van der Waals surface area contributed by atoms with Gasteiger partial charge in [0.15, 0.2) is 0 Å². The van der Waals surface area contributed by atoms with Crippen LogP contribution in [0.3, 0.4) is 0 Å². The minimum atomic E-state index is -0.137. The molecule has 0 saturated heterocycles. The Hall–Kier alpha value is -3.01. The molecule has 0 bridgehead atoms. The molecule has 0 saturated carbocycles. The normalized spacial score (nSPS) is 11.0. The van der Waals surface area contributed by atoms with Gasteiger partial charge >= 0.3 is 0 Å². The molecular formula is C19H17NO3. The van der Waals surface area contributed by atoms with Gasteiger partial charge in [-0.2, -0.15) is 0 Å². The third-order valence-corrected chi connectivity index (χ3v) is 3.44. The Morgan fingerprint density at radius 1 is 1.04 bits per heavy atom. The number of carbonyl (C=O) groups is 1. The molecule has 23 heavy (non-hydrogen) atoms. The monoisotopic (exact) mass is 307 g/mol. The van der Waals surface area contributed by atoms with Gasteiger partial charge in [0.25, 0.3) is 5.91 Å². The number of rotatable bonds is 5. The molecular weight excluding hydrogens is 290 g/mol. The van der Waals surface area contributed by atoms with Gasteiger partial charge in [0, 0.05) is 11.8 Å². The highest BCUT2D eigenvalue weighted by molar-refractivity contribution is 6.03. The van der Waals surface area contributed by atoms with Crippen molar-refractivity contribution >= 4 is 17.7 Å². The molecule has 0 aliphatic rings. The van der Waals surface area contributed by atoms with Crippen LogP contribution in [0.1, 0.15) is 17.1 Å². The highest BCUT2D eigenvalue weighted by Crippen LogP contribution is 2.19. The van der Waals surface area contributed by atoms with Crippen molar-refractivity contribution in [2.24, 2.45) is 0 Å². The van der Waals surface area contributed by atoms with Crippen molar-refractivity contribution in [3.8, 4) is 0 Å². The first-order chi connectivity index (χ1) is 11.2. The van der Waals surface area contributed by atoms with Crippen LogP contribution in [0.5, 0.6) is 0 Å². The molecule has 0 spiro atoms. The van der Waals surface area contributed by atoms with Crippen LogP contribution in [0.25, 0.3) is 6.08 Å². The molecule has 0 aliphatic carbocycles. The van der Waals surface area contributed by atoms with Crippen LogP contribution in [0.4, 0.5) is 5.69 Å². The third-order valence-electron chi connectivity index (χ3n) is 3.44. The van der Waals surface area contributed by atoms with E-state index < -0.39 is 0 Å². The minimum Gasteiger partial charge on any atom is -0.467 e. The molecule has 0 N–H and O–H groups in total. The zero-order valence-corrected chi connectivity index (χ0v) is 12.8. The van der Waals surface area contributed by atoms with E-state index in [1.54, 1.807) is 35.6 Å². The number of carbonyl (C=O) groups excluding carboxylic acids is 1. The van der Waals surface area contributed by atoms with E-state index in [1.807, 2.05) is 43.3 Å². The smallest absolute Gasteiger partial charge is 0.251 e. The fraction of sp³-hybridized carbons (Fsp3) is 0.105. The van der Waals surface area contributed by atoms with Gasteiger partial charge in [-0.15, -0.1) is 0 Å². The number of hydrogen-bond donors (Lipinski definition) is 0. The summed E-state index contributed by atoms with van der Waals surface area (Å²) in [6, 6.07) is 15.1. The lowest BCUT2D eigenvalue weighted by atomic mass is 10.2. The van der Waals surface area contributed by atoms with Gasteiger partial charge in [0.2, 0.25) is 0 Å². The molecule has 0 fully saturated rings. The Morgan fingerprint density at radius 2 is 1.78 bits per heavy atom. The van der Waals surface area contributed by atoms with Crippen LogP contribution < -0.4 is 4.90 Å². The van der Waals surface area contributed by atoms with Crippen LogP contribution >= 0.6 is 0 Å². The molecule has 4 nitrogen and oxygen atoms in total. The average molecular weight is 307 g/mol. The van der Waals surface area contributed by atoms with Crippen molar-refractivity contribution < 1.29 is 13.6 Å². The Bertz CT molecular complexity index is 769. The number of furan rings is 2. The molecule has 1 amide bonds. The summed E-state index contributed by atoms with van der Waals surface area (Å²) in [5, 5.41) is 0. The first-order valence-corrected chi connectivity index (χ1v) is 7.34. The van der Waals surface area contributed by atoms with Crippen LogP contribution in [-0.2, 0) is 11.3 Å². The van der Waals surface area contributed by atoms with Gasteiger partial charge in [-0.05, 0) is 49.4 Å². The largest absolute Gasteiger partial charge is 0.467 e. The van der Waals surface area contributed by atoms with E-state index in [2.05, 4.69) is 0 Å². The topological polar surface area (TPSA) is 46.6 Å². The maximum Gasteiger partial charge on any atom is 0.251 e. The second kappa shape index (κ2) is 6.83. The van der Waals surface area contributed by atoms with Gasteiger partial charge < -0.3 is 13.7 Å². The predicted molar refractivity (Wildman–Crippen MR) is 88.8 cm³/mol. The molecule has 3 rings (SSSR count). The third kappa shape index (κ3) is 3.80. The average Bonchev–Trinajstić information content (AvgIpc) is 3.25. The summed E-state index contributed by atoms with van der Waals surface area (Å²) in [6.07, 6.45) is 6.34. The van der Waals surface area contributed by atoms with Crippen molar-refractivity contribution in [3.05, 3.63) is 84.2 Å². The maximum absolute atomic E-state index is 12.6. The van der Waals surface area contributed by atoms with Gasteiger partial charge in [-0.3, -0.25) is 4.79 Å². The van der Waals surface area contributed by atoms with Crippen LogP contribution in [-0.4, -0.2) is 5.91 Å². The van der Waals surface area contributed by atoms with Crippen molar-refractivity contribution in [3.63, 3.8) is 0 Å². The van der Waals surface area contributed by atoms with E-state index in [9.17, 15) is 4.79 Å². The summed E-state index contributed by atoms with van der Waals surface area (Å²) in [6.45, 7) is 2.39. The van der Waals surface area contributed by atoms with Crippen molar-refractivity contribution in [1.29, 1.82) is 0 Å². The van der Waals surface area contributed by atoms with Crippen LogP contribution in [0.15, 0.2) is 76.0 Å². The second-order valence-corrected chi connectivity index (χ2v) is 5.19. The summed E-state index contributed by atoms with van der Waals surface area (Å²) in [7, 11) is 0. The van der Waals surface area contributed by atoms with Crippen LogP contribution in [0, 0.1) is 6.92 Å². The van der Waals surface area contributed by atoms with E-state index in [1.165, 1.54) is 6.08 Å². The molecule has 1 aromatic carbocycles. The summed E-state index contributed by atoms with van der Waals surface area (Å²) >= 11 is 0. The Balaban J connectivity index is 1.84. The van der Waals surface area contributed by atoms with Gasteiger partial charge in [0.05, 0.1) is 19.1 Å². The minimum absolute atomic E-state index is 0.137. The standard InChI is InChI=1S/C19H17NO3/c1-15-6-8-16(9-7-15)20(14-18-5-3-13-23-18)19(21)11-10-17-4-2-12-22-17/h2-13H,14H2,1H3/b11-10+. The van der Waals surface area contributed by atoms with Crippen LogP contribution in [0.2, 0.25) is 0 Å². The Kier molecular flexibility index (Phi) is 4.43. The SMILES string of the molecule is Cc1ccc(N(Cc2ccco2)C(=O)/C=C/c2ccco2)cc1. The predicted octanol–water partition coefficient (Wildman–Crippen LogP) is 4.43. The number of nitrogens with zero attached hydrogens (tertiary/aromatic N) is 1. The maximum atomic E-state index is 12.6. The van der Waals surface area contributed by atoms with Gasteiger partial charge in [-0.1, -0.05) is 17.7 Å². The van der Waals surface area contributed by atoms with E-state index in [-0.39, 0.29) is 5.91 Å². The highest BCUT2D eigenvalue weighted by atomic mass is 16.3. The number of benzene rings is 1. The van der Waals surface area contributed by atoms with E-state index >= 15 is 0 Å². The molecule has 2 heterocycles. The van der Waals surface area contributed by atoms with E-state index in [0.29, 0.717) is 12.3 Å². The zero-order chi connectivity index (χ0) is 16.1. The van der Waals surface area contributed by atoms with Crippen molar-refractivity contribution in [2.75, 3.05) is 4.90 Å². The number of amides is 1. The quantitative estimate of drug-likeness (QED) is 0.655. The Labute approximate surface area is 134 Å². The van der Waals surface area contributed by atoms with Crippen molar-refractivity contribution in [1.82, 2.24) is 0 Å². The molecule has 2 aromatic heterocycles. The summed E-state index contributed by atoms with van der Waals surface area (Å²) in [4.78, 5) is 14.3. The molecule has 116 valence electrons. The number of anilines is 1. The molecule has 0 atom stereocenters. The molecule has 0 aliphatic heterocycles. The molecule has 4 heteroatoms. The first kappa shape index (κ1) is 14.9. The lowest BCUT2D eigenvalue weighted by Crippen LogP contribution is -2.28. The number of aryl methyl sites for hydroxylation is 1. The zero-order valence-electron chi connectivity index (χ0n) is 12.8. The van der Waals surface area contributed by atoms with Gasteiger partial charge in [0.1, 0.15) is 11.5 Å². The summed E-state index contributed by atoms with van der Waals surface area (Å²) < 4.78 is 10.6. The lowest BCUT2D eigenvalue weighted by molar-refractivity contribution is -0.114. The molecule has 3 aromatic rings. The number of hydrogen-bond acceptors (Lipinski definition) is 3. The second-order valence-electron chi connectivity index (χ2n) is 5.19. The van der Waals surface area contributed by atoms with Crippen molar-refractivity contribution in [2.45, 2.75) is 13.5 Å². The lowest BCUT2D eigenvalue weighted by Gasteiger charge is -2.20. The summed E-state index contributed by atoms with van der Waals surface area (Å²) in [5.74, 6) is 1.23.